The molecule has 1 saturated carbocycles. The number of aliphatic hydroxyl groups excluding tert-OH is 1. The van der Waals surface area contributed by atoms with Gasteiger partial charge in [-0.2, -0.15) is 0 Å². The molecule has 6 heteroatoms. The average molecular weight is 306 g/mol. The molecule has 5 nitrogen and oxygen atoms in total. The number of amides is 1. The quantitative estimate of drug-likeness (QED) is 0.889. The summed E-state index contributed by atoms with van der Waals surface area (Å²) in [4.78, 5) is 17.4. The Bertz CT molecular complexity index is 600. The molecule has 0 radical (unpaired) electrons. The summed E-state index contributed by atoms with van der Waals surface area (Å²) in [6, 6.07) is 3.86. The van der Waals surface area contributed by atoms with Crippen molar-refractivity contribution in [3.63, 3.8) is 0 Å². The predicted molar refractivity (Wildman–Crippen MR) is 79.9 cm³/mol. The van der Waals surface area contributed by atoms with E-state index >= 15 is 0 Å². The van der Waals surface area contributed by atoms with E-state index in [2.05, 4.69) is 10.3 Å². The summed E-state index contributed by atoms with van der Waals surface area (Å²) in [6.45, 7) is -0.00198. The SMILES string of the molecule is O=C(Cc1coc(-c2cccs2)n1)NC1(CO)CCCC1. The molecule has 1 fully saturated rings. The number of nitrogens with one attached hydrogen (secondary N) is 1. The summed E-state index contributed by atoms with van der Waals surface area (Å²) in [5.74, 6) is 0.433. The van der Waals surface area contributed by atoms with Gasteiger partial charge in [0.15, 0.2) is 0 Å². The van der Waals surface area contributed by atoms with Crippen molar-refractivity contribution in [1.82, 2.24) is 10.3 Å². The Labute approximate surface area is 127 Å². The Morgan fingerprint density at radius 1 is 1.48 bits per heavy atom. The Kier molecular flexibility index (Phi) is 4.07. The third-order valence-corrected chi connectivity index (χ3v) is 4.75. The molecule has 0 bridgehead atoms. The van der Waals surface area contributed by atoms with E-state index < -0.39 is 5.54 Å². The van der Waals surface area contributed by atoms with Crippen LogP contribution in [-0.4, -0.2) is 28.1 Å². The van der Waals surface area contributed by atoms with Crippen LogP contribution >= 0.6 is 11.3 Å². The minimum absolute atomic E-state index is 0.00198. The van der Waals surface area contributed by atoms with E-state index in [4.69, 9.17) is 4.42 Å². The highest BCUT2D eigenvalue weighted by atomic mass is 32.1. The summed E-state index contributed by atoms with van der Waals surface area (Å²) in [5, 5.41) is 14.4. The smallest absolute Gasteiger partial charge is 0.236 e. The van der Waals surface area contributed by atoms with Gasteiger partial charge in [0, 0.05) is 0 Å². The van der Waals surface area contributed by atoms with Crippen LogP contribution in [0.2, 0.25) is 0 Å². The fourth-order valence-electron chi connectivity index (χ4n) is 2.78. The number of carbonyl (C=O) groups excluding carboxylic acids is 1. The number of hydrogen-bond donors (Lipinski definition) is 2. The first-order valence-electron chi connectivity index (χ1n) is 7.11. The Hall–Kier alpha value is -1.66. The van der Waals surface area contributed by atoms with Crippen molar-refractivity contribution in [2.75, 3.05) is 6.61 Å². The van der Waals surface area contributed by atoms with E-state index in [1.54, 1.807) is 11.3 Å². The number of nitrogens with zero attached hydrogens (tertiary/aromatic N) is 1. The van der Waals surface area contributed by atoms with Crippen molar-refractivity contribution >= 4 is 17.2 Å². The van der Waals surface area contributed by atoms with Crippen LogP contribution in [0.15, 0.2) is 28.2 Å². The molecule has 0 unspecified atom stereocenters. The number of hydrogen-bond acceptors (Lipinski definition) is 5. The van der Waals surface area contributed by atoms with Gasteiger partial charge in [-0.25, -0.2) is 4.98 Å². The monoisotopic (exact) mass is 306 g/mol. The second kappa shape index (κ2) is 5.99. The summed E-state index contributed by atoms with van der Waals surface area (Å²) in [5.41, 5.74) is 0.180. The van der Waals surface area contributed by atoms with Crippen LogP contribution in [0.3, 0.4) is 0 Å². The zero-order valence-electron chi connectivity index (χ0n) is 11.7. The molecule has 0 aliphatic heterocycles. The number of rotatable bonds is 5. The normalized spacial score (nSPS) is 17.0. The zero-order valence-corrected chi connectivity index (χ0v) is 12.5. The topological polar surface area (TPSA) is 75.4 Å². The second-order valence-corrected chi connectivity index (χ2v) is 6.44. The lowest BCUT2D eigenvalue weighted by atomic mass is 9.98. The van der Waals surface area contributed by atoms with Gasteiger partial charge in [0.25, 0.3) is 0 Å². The molecule has 1 aliphatic rings. The standard InChI is InChI=1S/C15H18N2O3S/c18-10-15(5-1-2-6-15)17-13(19)8-11-9-20-14(16-11)12-4-3-7-21-12/h3-4,7,9,18H,1-2,5-6,8,10H2,(H,17,19). The number of oxazole rings is 1. The van der Waals surface area contributed by atoms with Crippen LogP contribution in [-0.2, 0) is 11.2 Å². The minimum atomic E-state index is -0.433. The Morgan fingerprint density at radius 3 is 2.95 bits per heavy atom. The molecule has 0 spiro atoms. The number of thiophene rings is 1. The molecule has 2 aromatic heterocycles. The number of carbonyl (C=O) groups is 1. The Balaban J connectivity index is 1.62. The van der Waals surface area contributed by atoms with Crippen LogP contribution < -0.4 is 5.32 Å². The summed E-state index contributed by atoms with van der Waals surface area (Å²) in [7, 11) is 0. The molecule has 1 amide bonds. The van der Waals surface area contributed by atoms with Crippen molar-refractivity contribution in [2.45, 2.75) is 37.6 Å². The minimum Gasteiger partial charge on any atom is -0.444 e. The predicted octanol–water partition coefficient (Wildman–Crippen LogP) is 2.37. The van der Waals surface area contributed by atoms with E-state index in [1.807, 2.05) is 17.5 Å². The maximum absolute atomic E-state index is 12.1. The molecule has 3 rings (SSSR count). The largest absolute Gasteiger partial charge is 0.444 e. The van der Waals surface area contributed by atoms with Crippen LogP contribution in [0.25, 0.3) is 10.8 Å². The molecule has 0 atom stereocenters. The van der Waals surface area contributed by atoms with Crippen molar-refractivity contribution in [3.8, 4) is 10.8 Å². The lowest BCUT2D eigenvalue weighted by Gasteiger charge is -2.27. The van der Waals surface area contributed by atoms with E-state index in [9.17, 15) is 9.90 Å². The van der Waals surface area contributed by atoms with E-state index in [1.165, 1.54) is 6.26 Å². The van der Waals surface area contributed by atoms with Gasteiger partial charge < -0.3 is 14.8 Å². The molecule has 1 aliphatic carbocycles. The summed E-state index contributed by atoms with van der Waals surface area (Å²) >= 11 is 1.55. The third kappa shape index (κ3) is 3.16. The van der Waals surface area contributed by atoms with Crippen molar-refractivity contribution in [1.29, 1.82) is 0 Å². The van der Waals surface area contributed by atoms with Crippen LogP contribution in [0.4, 0.5) is 0 Å². The fraction of sp³-hybridized carbons (Fsp3) is 0.467. The van der Waals surface area contributed by atoms with E-state index in [0.29, 0.717) is 11.6 Å². The van der Waals surface area contributed by atoms with Crippen LogP contribution in [0, 0.1) is 0 Å². The second-order valence-electron chi connectivity index (χ2n) is 5.49. The van der Waals surface area contributed by atoms with E-state index in [-0.39, 0.29) is 18.9 Å². The molecule has 21 heavy (non-hydrogen) atoms. The first-order valence-corrected chi connectivity index (χ1v) is 7.99. The van der Waals surface area contributed by atoms with Gasteiger partial charge in [-0.1, -0.05) is 18.9 Å². The first-order chi connectivity index (χ1) is 10.2. The first kappa shape index (κ1) is 14.3. The van der Waals surface area contributed by atoms with E-state index in [0.717, 1.165) is 30.6 Å². The van der Waals surface area contributed by atoms with Gasteiger partial charge in [-0.15, -0.1) is 11.3 Å². The maximum Gasteiger partial charge on any atom is 0.236 e. The van der Waals surface area contributed by atoms with Crippen molar-refractivity contribution in [3.05, 3.63) is 29.5 Å². The highest BCUT2D eigenvalue weighted by Gasteiger charge is 2.34. The lowest BCUT2D eigenvalue weighted by molar-refractivity contribution is -0.123. The van der Waals surface area contributed by atoms with Gasteiger partial charge in [-0.3, -0.25) is 4.79 Å². The Morgan fingerprint density at radius 2 is 2.29 bits per heavy atom. The number of aromatic nitrogens is 1. The average Bonchev–Trinajstić information content (AvgIpc) is 3.19. The molecule has 2 aromatic rings. The maximum atomic E-state index is 12.1. The van der Waals surface area contributed by atoms with Gasteiger partial charge >= 0.3 is 0 Å². The van der Waals surface area contributed by atoms with Crippen molar-refractivity contribution in [2.24, 2.45) is 0 Å². The summed E-state index contributed by atoms with van der Waals surface area (Å²) in [6.07, 6.45) is 5.48. The zero-order chi connectivity index (χ0) is 14.7. The molecule has 2 N–H and O–H groups in total. The van der Waals surface area contributed by atoms with Crippen molar-refractivity contribution < 1.29 is 14.3 Å². The van der Waals surface area contributed by atoms with Gasteiger partial charge in [-0.05, 0) is 24.3 Å². The highest BCUT2D eigenvalue weighted by molar-refractivity contribution is 7.13. The molecule has 0 saturated heterocycles. The van der Waals surface area contributed by atoms with Gasteiger partial charge in [0.2, 0.25) is 11.8 Å². The molecule has 0 aromatic carbocycles. The molecular weight excluding hydrogens is 288 g/mol. The lowest BCUT2D eigenvalue weighted by Crippen LogP contribution is -2.49. The van der Waals surface area contributed by atoms with Gasteiger partial charge in [0.05, 0.1) is 29.1 Å². The molecule has 2 heterocycles. The van der Waals surface area contributed by atoms with Crippen LogP contribution in [0.5, 0.6) is 0 Å². The highest BCUT2D eigenvalue weighted by Crippen LogP contribution is 2.29. The molecule has 112 valence electrons. The third-order valence-electron chi connectivity index (χ3n) is 3.89. The molecular formula is C15H18N2O3S. The fourth-order valence-corrected chi connectivity index (χ4v) is 3.44. The van der Waals surface area contributed by atoms with Crippen LogP contribution in [0.1, 0.15) is 31.4 Å². The summed E-state index contributed by atoms with van der Waals surface area (Å²) < 4.78 is 5.40. The number of aliphatic hydroxyl groups is 1. The van der Waals surface area contributed by atoms with Gasteiger partial charge in [0.1, 0.15) is 6.26 Å².